The number of carbonyl (C=O) groups is 2. The summed E-state index contributed by atoms with van der Waals surface area (Å²) in [6.07, 6.45) is 1.80. The number of carbonyl (C=O) groups excluding carboxylic acids is 2. The van der Waals surface area contributed by atoms with Crippen LogP contribution in [-0.4, -0.2) is 34.2 Å². The van der Waals surface area contributed by atoms with Gasteiger partial charge >= 0.3 is 0 Å². The third kappa shape index (κ3) is 5.09. The first-order chi connectivity index (χ1) is 8.90. The summed E-state index contributed by atoms with van der Waals surface area (Å²) in [6, 6.07) is 1.22. The van der Waals surface area contributed by atoms with Crippen molar-refractivity contribution < 1.29 is 9.59 Å². The number of rotatable bonds is 6. The van der Waals surface area contributed by atoms with E-state index in [4.69, 9.17) is 5.73 Å². The Morgan fingerprint density at radius 3 is 2.63 bits per heavy atom. The molecule has 0 bridgehead atoms. The minimum Gasteiger partial charge on any atom is -0.349 e. The maximum Gasteiger partial charge on any atom is 0.239 e. The Hall–Kier alpha value is -1.89. The van der Waals surface area contributed by atoms with Crippen molar-refractivity contribution in [2.24, 2.45) is 18.7 Å². The molecule has 19 heavy (non-hydrogen) atoms. The number of nitrogens with one attached hydrogen (secondary N) is 2. The van der Waals surface area contributed by atoms with Crippen molar-refractivity contribution in [2.45, 2.75) is 26.4 Å². The molecule has 0 spiro atoms. The van der Waals surface area contributed by atoms with E-state index < -0.39 is 6.04 Å². The van der Waals surface area contributed by atoms with Gasteiger partial charge in [0.15, 0.2) is 0 Å². The average Bonchev–Trinajstić information content (AvgIpc) is 2.78. The summed E-state index contributed by atoms with van der Waals surface area (Å²) in [7, 11) is 1.80. The van der Waals surface area contributed by atoms with E-state index in [1.807, 2.05) is 19.9 Å². The Balaban J connectivity index is 2.26. The van der Waals surface area contributed by atoms with Gasteiger partial charge in [0.05, 0.1) is 24.8 Å². The summed E-state index contributed by atoms with van der Waals surface area (Å²) >= 11 is 0. The molecule has 0 radical (unpaired) electrons. The standard InChI is InChI=1S/C12H21N5O2/c1-8(2)11(13)12(19)15-7-10(18)14-6-9-4-5-17(3)16-9/h4-5,8,11H,6-7,13H2,1-3H3,(H,14,18)(H,15,19)/t11-/m0/s1. The van der Waals surface area contributed by atoms with Crippen LogP contribution >= 0.6 is 0 Å². The van der Waals surface area contributed by atoms with Crippen LogP contribution in [0.5, 0.6) is 0 Å². The minimum absolute atomic E-state index is 0.0385. The maximum atomic E-state index is 11.5. The SMILES string of the molecule is CC(C)[C@H](N)C(=O)NCC(=O)NCc1ccn(C)n1. The van der Waals surface area contributed by atoms with Gasteiger partial charge in [0.2, 0.25) is 11.8 Å². The van der Waals surface area contributed by atoms with Crippen LogP contribution in [0.15, 0.2) is 12.3 Å². The number of hydrogen-bond donors (Lipinski definition) is 3. The minimum atomic E-state index is -0.594. The Bertz CT molecular complexity index is 441. The van der Waals surface area contributed by atoms with Crippen LogP contribution < -0.4 is 16.4 Å². The summed E-state index contributed by atoms with van der Waals surface area (Å²) in [5, 5.41) is 9.29. The zero-order valence-electron chi connectivity index (χ0n) is 11.5. The lowest BCUT2D eigenvalue weighted by atomic mass is 10.1. The first-order valence-corrected chi connectivity index (χ1v) is 6.18. The molecule has 0 saturated carbocycles. The monoisotopic (exact) mass is 267 g/mol. The molecule has 1 aromatic rings. The third-order valence-corrected chi connectivity index (χ3v) is 2.68. The Morgan fingerprint density at radius 2 is 2.11 bits per heavy atom. The lowest BCUT2D eigenvalue weighted by Crippen LogP contribution is -2.47. The largest absolute Gasteiger partial charge is 0.349 e. The molecule has 106 valence electrons. The van der Waals surface area contributed by atoms with Crippen molar-refractivity contribution in [1.29, 1.82) is 0 Å². The van der Waals surface area contributed by atoms with Crippen LogP contribution in [0.1, 0.15) is 19.5 Å². The topological polar surface area (TPSA) is 102 Å². The molecule has 0 fully saturated rings. The molecule has 1 heterocycles. The molecule has 7 heteroatoms. The maximum absolute atomic E-state index is 11.5. The summed E-state index contributed by atoms with van der Waals surface area (Å²) < 4.78 is 1.66. The molecule has 1 rings (SSSR count). The van der Waals surface area contributed by atoms with Crippen LogP contribution in [0.3, 0.4) is 0 Å². The van der Waals surface area contributed by atoms with E-state index in [2.05, 4.69) is 15.7 Å². The Morgan fingerprint density at radius 1 is 1.42 bits per heavy atom. The number of nitrogens with two attached hydrogens (primary N) is 1. The van der Waals surface area contributed by atoms with Gasteiger partial charge in [-0.3, -0.25) is 14.3 Å². The van der Waals surface area contributed by atoms with Gasteiger partial charge in [-0.25, -0.2) is 0 Å². The number of hydrogen-bond acceptors (Lipinski definition) is 4. The first kappa shape index (κ1) is 15.2. The third-order valence-electron chi connectivity index (χ3n) is 2.68. The van der Waals surface area contributed by atoms with Gasteiger partial charge < -0.3 is 16.4 Å². The highest BCUT2D eigenvalue weighted by Crippen LogP contribution is 1.97. The molecule has 0 aliphatic heterocycles. The van der Waals surface area contributed by atoms with Crippen LogP contribution in [-0.2, 0) is 23.2 Å². The molecule has 4 N–H and O–H groups in total. The molecular weight excluding hydrogens is 246 g/mol. The van der Waals surface area contributed by atoms with E-state index in [0.29, 0.717) is 6.54 Å². The highest BCUT2D eigenvalue weighted by Gasteiger charge is 2.17. The molecular formula is C12H21N5O2. The van der Waals surface area contributed by atoms with Gasteiger partial charge in [0.25, 0.3) is 0 Å². The lowest BCUT2D eigenvalue weighted by molar-refractivity contribution is -0.127. The molecule has 0 unspecified atom stereocenters. The average molecular weight is 267 g/mol. The molecule has 2 amide bonds. The quantitative estimate of drug-likeness (QED) is 0.624. The van der Waals surface area contributed by atoms with Gasteiger partial charge in [0.1, 0.15) is 0 Å². The molecule has 0 aliphatic rings. The number of aromatic nitrogens is 2. The van der Waals surface area contributed by atoms with Crippen molar-refractivity contribution in [3.63, 3.8) is 0 Å². The summed E-state index contributed by atoms with van der Waals surface area (Å²) in [5.74, 6) is -0.547. The molecule has 0 aliphatic carbocycles. The van der Waals surface area contributed by atoms with Gasteiger partial charge in [-0.2, -0.15) is 5.10 Å². The van der Waals surface area contributed by atoms with Crippen molar-refractivity contribution in [3.05, 3.63) is 18.0 Å². The highest BCUT2D eigenvalue weighted by atomic mass is 16.2. The zero-order chi connectivity index (χ0) is 14.4. The molecule has 1 atom stereocenters. The normalized spacial score (nSPS) is 12.3. The Labute approximate surface area is 112 Å². The Kier molecular flexibility index (Phi) is 5.50. The fourth-order valence-electron chi connectivity index (χ4n) is 1.40. The summed E-state index contributed by atoms with van der Waals surface area (Å²) in [6.45, 7) is 3.97. The molecule has 0 saturated heterocycles. The van der Waals surface area contributed by atoms with E-state index >= 15 is 0 Å². The van der Waals surface area contributed by atoms with Crippen molar-refractivity contribution in [2.75, 3.05) is 6.54 Å². The van der Waals surface area contributed by atoms with Crippen LogP contribution in [0, 0.1) is 5.92 Å². The number of amides is 2. The van der Waals surface area contributed by atoms with Crippen LogP contribution in [0.25, 0.3) is 0 Å². The van der Waals surface area contributed by atoms with E-state index in [1.54, 1.807) is 17.9 Å². The zero-order valence-corrected chi connectivity index (χ0v) is 11.5. The lowest BCUT2D eigenvalue weighted by Gasteiger charge is -2.14. The van der Waals surface area contributed by atoms with Gasteiger partial charge in [-0.1, -0.05) is 13.8 Å². The van der Waals surface area contributed by atoms with Crippen LogP contribution in [0.4, 0.5) is 0 Å². The van der Waals surface area contributed by atoms with Crippen LogP contribution in [0.2, 0.25) is 0 Å². The number of aryl methyl sites for hydroxylation is 1. The predicted molar refractivity (Wildman–Crippen MR) is 70.9 cm³/mol. The second-order valence-corrected chi connectivity index (χ2v) is 4.75. The van der Waals surface area contributed by atoms with E-state index in [1.165, 1.54) is 0 Å². The second-order valence-electron chi connectivity index (χ2n) is 4.75. The first-order valence-electron chi connectivity index (χ1n) is 6.18. The van der Waals surface area contributed by atoms with E-state index in [9.17, 15) is 9.59 Å². The molecule has 0 aromatic carbocycles. The molecule has 7 nitrogen and oxygen atoms in total. The van der Waals surface area contributed by atoms with E-state index in [0.717, 1.165) is 5.69 Å². The fraction of sp³-hybridized carbons (Fsp3) is 0.583. The second kappa shape index (κ2) is 6.89. The summed E-state index contributed by atoms with van der Waals surface area (Å²) in [5.41, 5.74) is 6.42. The van der Waals surface area contributed by atoms with Crippen molar-refractivity contribution in [3.8, 4) is 0 Å². The van der Waals surface area contributed by atoms with Crippen molar-refractivity contribution in [1.82, 2.24) is 20.4 Å². The number of nitrogens with zero attached hydrogens (tertiary/aromatic N) is 2. The fourth-order valence-corrected chi connectivity index (χ4v) is 1.40. The van der Waals surface area contributed by atoms with E-state index in [-0.39, 0.29) is 24.3 Å². The smallest absolute Gasteiger partial charge is 0.239 e. The summed E-state index contributed by atoms with van der Waals surface area (Å²) in [4.78, 5) is 23.1. The van der Waals surface area contributed by atoms with Crippen molar-refractivity contribution >= 4 is 11.8 Å². The predicted octanol–water partition coefficient (Wildman–Crippen LogP) is -0.864. The highest BCUT2D eigenvalue weighted by molar-refractivity contribution is 5.87. The van der Waals surface area contributed by atoms with Gasteiger partial charge in [0, 0.05) is 13.2 Å². The van der Waals surface area contributed by atoms with Gasteiger partial charge in [-0.05, 0) is 12.0 Å². The molecule has 1 aromatic heterocycles. The van der Waals surface area contributed by atoms with Gasteiger partial charge in [-0.15, -0.1) is 0 Å².